The van der Waals surface area contributed by atoms with Crippen molar-refractivity contribution in [1.29, 1.82) is 0 Å². The predicted molar refractivity (Wildman–Crippen MR) is 28.4 cm³/mol. The van der Waals surface area contributed by atoms with Crippen LogP contribution in [-0.2, 0) is 0 Å². The van der Waals surface area contributed by atoms with E-state index in [9.17, 15) is 0 Å². The molecule has 0 aromatic rings. The minimum atomic E-state index is 0.283. The Labute approximate surface area is 52.0 Å². The van der Waals surface area contributed by atoms with E-state index < -0.39 is 0 Å². The van der Waals surface area contributed by atoms with Crippen molar-refractivity contribution in [3.63, 3.8) is 0 Å². The van der Waals surface area contributed by atoms with Crippen molar-refractivity contribution in [2.75, 3.05) is 0 Å². The first-order valence-electron chi connectivity index (χ1n) is 1.50. The molecule has 0 saturated carbocycles. The van der Waals surface area contributed by atoms with Crippen LogP contribution in [0.15, 0.2) is 0 Å². The SMILES string of the molecule is [CH]1=[Sb][CH]=[Sb][CH2]1. The van der Waals surface area contributed by atoms with Crippen molar-refractivity contribution in [3.05, 3.63) is 0 Å². The second-order valence-electron chi connectivity index (χ2n) is 0.812. The van der Waals surface area contributed by atoms with Gasteiger partial charge in [-0.2, -0.15) is 0 Å². The zero-order valence-corrected chi connectivity index (χ0v) is 7.86. The van der Waals surface area contributed by atoms with Gasteiger partial charge >= 0.3 is 52.5 Å². The Balaban J connectivity index is 2.61. The molecule has 0 N–H and O–H groups in total. The van der Waals surface area contributed by atoms with Gasteiger partial charge in [0.05, 0.1) is 0 Å². The predicted octanol–water partition coefficient (Wildman–Crippen LogP) is -0.611. The Morgan fingerprint density at radius 2 is 2.60 bits per heavy atom. The molecule has 1 rings (SSSR count). The van der Waals surface area contributed by atoms with Crippen LogP contribution < -0.4 is 0 Å². The molecule has 1 heterocycles. The first kappa shape index (κ1) is 4.53. The summed E-state index contributed by atoms with van der Waals surface area (Å²) >= 11 is 0.636. The van der Waals surface area contributed by atoms with E-state index in [-0.39, 0.29) is 21.1 Å². The summed E-state index contributed by atoms with van der Waals surface area (Å²) in [6.45, 7) is 0. The monoisotopic (exact) mass is 282 g/mol. The number of hydrogen-bond acceptors (Lipinski definition) is 0. The molecule has 1 aliphatic rings. The average molecular weight is 284 g/mol. The van der Waals surface area contributed by atoms with Crippen LogP contribution in [0.25, 0.3) is 0 Å². The van der Waals surface area contributed by atoms with Gasteiger partial charge in [0.15, 0.2) is 0 Å². The van der Waals surface area contributed by atoms with Crippen molar-refractivity contribution in [1.82, 2.24) is 0 Å². The summed E-state index contributed by atoms with van der Waals surface area (Å²) in [6, 6.07) is 0. The third-order valence-electron chi connectivity index (χ3n) is 0.441. The standard InChI is InChI=1S/C2H3.CH.2Sb/c1-2;;;/h1H,2H2;1H;;. The van der Waals surface area contributed by atoms with Crippen LogP contribution in [0.5, 0.6) is 0 Å². The summed E-state index contributed by atoms with van der Waals surface area (Å²) in [6.07, 6.45) is 0. The van der Waals surface area contributed by atoms with Crippen LogP contribution in [0, 0.1) is 0 Å². The Bertz CT molecular complexity index is 63.0. The van der Waals surface area contributed by atoms with Gasteiger partial charge in [0.25, 0.3) is 0 Å². The molecule has 0 unspecified atom stereocenters. The minimum absolute atomic E-state index is 0.283. The van der Waals surface area contributed by atoms with E-state index >= 15 is 0 Å². The summed E-state index contributed by atoms with van der Waals surface area (Å²) in [5.41, 5.74) is 0. The molecule has 0 amide bonds. The molecular formula is C3H4Sb2. The Morgan fingerprint density at radius 3 is 2.80 bits per heavy atom. The Kier molecular flexibility index (Phi) is 2.30. The molecule has 0 spiro atoms. The van der Waals surface area contributed by atoms with E-state index in [1.807, 2.05) is 0 Å². The van der Waals surface area contributed by atoms with Crippen LogP contribution in [-0.4, -0.2) is 48.1 Å². The summed E-state index contributed by atoms with van der Waals surface area (Å²) in [5, 5.41) is 0. The third-order valence-corrected chi connectivity index (χ3v) is 11.8. The third kappa shape index (κ3) is 1.51. The molecule has 0 nitrogen and oxygen atoms in total. The molecule has 0 fully saturated rings. The van der Waals surface area contributed by atoms with Gasteiger partial charge in [0.1, 0.15) is 0 Å². The number of rotatable bonds is 0. The second kappa shape index (κ2) is 2.53. The molecule has 0 atom stereocenters. The van der Waals surface area contributed by atoms with Crippen LogP contribution in [0.3, 0.4) is 0 Å². The summed E-state index contributed by atoms with van der Waals surface area (Å²) in [7, 11) is 0. The van der Waals surface area contributed by atoms with E-state index in [0.717, 1.165) is 0 Å². The van der Waals surface area contributed by atoms with Crippen molar-refractivity contribution in [3.8, 4) is 0 Å². The molecule has 26 valence electrons. The molecular weight excluding hydrogens is 280 g/mol. The average Bonchev–Trinajstić information content (AvgIpc) is 1.76. The van der Waals surface area contributed by atoms with Gasteiger partial charge in [-0.1, -0.05) is 0 Å². The molecule has 0 radical (unpaired) electrons. The summed E-state index contributed by atoms with van der Waals surface area (Å²) in [4.78, 5) is 0. The van der Waals surface area contributed by atoms with E-state index in [0.29, 0.717) is 21.1 Å². The van der Waals surface area contributed by atoms with E-state index in [4.69, 9.17) is 0 Å². The van der Waals surface area contributed by atoms with Crippen LogP contribution >= 0.6 is 0 Å². The topological polar surface area (TPSA) is 0 Å². The quantitative estimate of drug-likeness (QED) is 0.520. The van der Waals surface area contributed by atoms with Gasteiger partial charge in [-0.3, -0.25) is 0 Å². The summed E-state index contributed by atoms with van der Waals surface area (Å²) in [5.74, 6) is 0. The van der Waals surface area contributed by atoms with Gasteiger partial charge in [0, 0.05) is 0 Å². The molecule has 5 heavy (non-hydrogen) atoms. The maximum absolute atomic E-state index is 2.61. The molecule has 0 aromatic carbocycles. The molecule has 2 heteroatoms. The van der Waals surface area contributed by atoms with Gasteiger partial charge < -0.3 is 0 Å². The van der Waals surface area contributed by atoms with Crippen molar-refractivity contribution >= 4 is 48.1 Å². The van der Waals surface area contributed by atoms with Gasteiger partial charge in [-0.15, -0.1) is 0 Å². The summed E-state index contributed by atoms with van der Waals surface area (Å²) < 4.78 is 6.66. The van der Waals surface area contributed by atoms with Gasteiger partial charge in [-0.25, -0.2) is 0 Å². The molecule has 0 saturated heterocycles. The first-order valence-corrected chi connectivity index (χ1v) is 7.73. The maximum atomic E-state index is 2.61. The Hall–Kier alpha value is 1.38. The molecule has 0 aliphatic carbocycles. The van der Waals surface area contributed by atoms with Crippen LogP contribution in [0.4, 0.5) is 0 Å². The van der Waals surface area contributed by atoms with E-state index in [1.165, 1.54) is 4.37 Å². The zero-order chi connectivity index (χ0) is 3.54. The van der Waals surface area contributed by atoms with Crippen LogP contribution in [0.1, 0.15) is 0 Å². The molecule has 1 aliphatic heterocycles. The molecule has 0 bridgehead atoms. The second-order valence-corrected chi connectivity index (χ2v) is 9.87. The van der Waals surface area contributed by atoms with Crippen molar-refractivity contribution in [2.45, 2.75) is 4.37 Å². The van der Waals surface area contributed by atoms with E-state index in [1.54, 1.807) is 0 Å². The first-order chi connectivity index (χ1) is 2.50. The Morgan fingerprint density at radius 1 is 1.60 bits per heavy atom. The van der Waals surface area contributed by atoms with Crippen molar-refractivity contribution < 1.29 is 0 Å². The van der Waals surface area contributed by atoms with Crippen molar-refractivity contribution in [2.24, 2.45) is 0 Å². The van der Waals surface area contributed by atoms with Gasteiger partial charge in [-0.05, 0) is 0 Å². The fourth-order valence-corrected chi connectivity index (χ4v) is 10.6. The fourth-order valence-electron chi connectivity index (χ4n) is 0.236. The zero-order valence-electron chi connectivity index (χ0n) is 2.76. The van der Waals surface area contributed by atoms with Crippen LogP contribution in [0.2, 0.25) is 4.37 Å². The van der Waals surface area contributed by atoms with Gasteiger partial charge in [0.2, 0.25) is 0 Å². The molecule has 0 aromatic heterocycles. The normalized spacial score (nSPS) is 17.6. The van der Waals surface area contributed by atoms with E-state index in [2.05, 4.69) is 5.85 Å². The number of hydrogen-bond donors (Lipinski definition) is 0. The fraction of sp³-hybridized carbons (Fsp3) is 0.333.